The van der Waals surface area contributed by atoms with Gasteiger partial charge in [-0.25, -0.2) is 9.69 Å². The Balaban J connectivity index is 1.68. The van der Waals surface area contributed by atoms with Crippen LogP contribution in [0.25, 0.3) is 6.08 Å². The summed E-state index contributed by atoms with van der Waals surface area (Å²) in [4.78, 5) is 39.5. The zero-order valence-corrected chi connectivity index (χ0v) is 21.6. The molecule has 4 amide bonds. The highest BCUT2D eigenvalue weighted by Crippen LogP contribution is 2.30. The lowest BCUT2D eigenvalue weighted by Crippen LogP contribution is -2.54. The van der Waals surface area contributed by atoms with Crippen LogP contribution in [0.1, 0.15) is 22.3 Å². The topological polar surface area (TPSA) is 75.7 Å². The number of hydrogen-bond acceptors (Lipinski definition) is 4. The first-order chi connectivity index (χ1) is 16.2. The lowest BCUT2D eigenvalue weighted by Gasteiger charge is -2.27. The van der Waals surface area contributed by atoms with E-state index in [2.05, 4.69) is 37.2 Å². The van der Waals surface area contributed by atoms with Crippen molar-refractivity contribution in [3.8, 4) is 5.75 Å². The van der Waals surface area contributed by atoms with Crippen LogP contribution in [0.5, 0.6) is 5.75 Å². The summed E-state index contributed by atoms with van der Waals surface area (Å²) in [5, 5.41) is 2.26. The number of carbonyl (C=O) groups excluding carboxylic acids is 3. The molecule has 1 N–H and O–H groups in total. The van der Waals surface area contributed by atoms with Crippen LogP contribution in [0.15, 0.2) is 75.2 Å². The Morgan fingerprint density at radius 3 is 2.29 bits per heavy atom. The lowest BCUT2D eigenvalue weighted by atomic mass is 10.0. The Morgan fingerprint density at radius 1 is 0.912 bits per heavy atom. The zero-order valence-electron chi connectivity index (χ0n) is 18.4. The van der Waals surface area contributed by atoms with Crippen molar-refractivity contribution in [2.75, 3.05) is 4.90 Å². The number of halogens is 2. The first-order valence-electron chi connectivity index (χ1n) is 10.4. The molecule has 0 bridgehead atoms. The molecule has 0 spiro atoms. The van der Waals surface area contributed by atoms with Gasteiger partial charge in [-0.1, -0.05) is 61.7 Å². The summed E-state index contributed by atoms with van der Waals surface area (Å²) < 4.78 is 7.57. The molecule has 1 aliphatic heterocycles. The normalized spacial score (nSPS) is 15.0. The van der Waals surface area contributed by atoms with Crippen molar-refractivity contribution in [1.29, 1.82) is 0 Å². The van der Waals surface area contributed by atoms with E-state index in [0.717, 1.165) is 25.0 Å². The molecule has 3 aromatic carbocycles. The van der Waals surface area contributed by atoms with Crippen molar-refractivity contribution < 1.29 is 19.1 Å². The fraction of sp³-hybridized carbons (Fsp3) is 0.115. The maximum Gasteiger partial charge on any atom is 0.335 e. The van der Waals surface area contributed by atoms with Crippen molar-refractivity contribution in [2.45, 2.75) is 20.5 Å². The maximum absolute atomic E-state index is 13.3. The average Bonchev–Trinajstić information content (AvgIpc) is 2.78. The number of hydrogen-bond donors (Lipinski definition) is 1. The van der Waals surface area contributed by atoms with Gasteiger partial charge in [0.15, 0.2) is 0 Å². The van der Waals surface area contributed by atoms with Crippen molar-refractivity contribution in [3.63, 3.8) is 0 Å². The maximum atomic E-state index is 13.3. The lowest BCUT2D eigenvalue weighted by molar-refractivity contribution is -0.122. The molecule has 0 radical (unpaired) electrons. The number of urea groups is 1. The molecule has 1 aliphatic rings. The highest BCUT2D eigenvalue weighted by atomic mass is 79.9. The third-order valence-electron chi connectivity index (χ3n) is 5.29. The van der Waals surface area contributed by atoms with E-state index in [1.165, 1.54) is 6.08 Å². The second-order valence-electron chi connectivity index (χ2n) is 7.85. The second kappa shape index (κ2) is 9.95. The van der Waals surface area contributed by atoms with Crippen molar-refractivity contribution in [3.05, 3.63) is 97.4 Å². The van der Waals surface area contributed by atoms with Crippen molar-refractivity contribution >= 4 is 61.5 Å². The molecule has 4 rings (SSSR count). The van der Waals surface area contributed by atoms with Gasteiger partial charge < -0.3 is 4.74 Å². The number of carbonyl (C=O) groups is 3. The van der Waals surface area contributed by atoms with Gasteiger partial charge in [-0.15, -0.1) is 0 Å². The second-order valence-corrected chi connectivity index (χ2v) is 9.68. The average molecular weight is 584 g/mol. The summed E-state index contributed by atoms with van der Waals surface area (Å²) in [6, 6.07) is 17.7. The number of imide groups is 2. The highest BCUT2D eigenvalue weighted by molar-refractivity contribution is 9.10. The molecular formula is C26H20Br2N2O4. The third kappa shape index (κ3) is 5.13. The molecule has 0 atom stereocenters. The van der Waals surface area contributed by atoms with Crippen LogP contribution in [-0.2, 0) is 16.2 Å². The van der Waals surface area contributed by atoms with Crippen LogP contribution >= 0.6 is 31.9 Å². The minimum absolute atomic E-state index is 0.166. The predicted molar refractivity (Wildman–Crippen MR) is 138 cm³/mol. The van der Waals surface area contributed by atoms with E-state index in [1.54, 1.807) is 37.3 Å². The van der Waals surface area contributed by atoms with E-state index in [0.29, 0.717) is 29.2 Å². The van der Waals surface area contributed by atoms with Crippen LogP contribution in [0, 0.1) is 13.8 Å². The van der Waals surface area contributed by atoms with Crippen LogP contribution < -0.4 is 15.0 Å². The molecule has 1 fully saturated rings. The van der Waals surface area contributed by atoms with E-state index in [-0.39, 0.29) is 5.57 Å². The number of anilines is 1. The summed E-state index contributed by atoms with van der Waals surface area (Å²) in [5.74, 6) is -0.964. The molecular weight excluding hydrogens is 564 g/mol. The van der Waals surface area contributed by atoms with Gasteiger partial charge in [0.2, 0.25) is 0 Å². The largest absolute Gasteiger partial charge is 0.488 e. The quantitative estimate of drug-likeness (QED) is 0.292. The van der Waals surface area contributed by atoms with Crippen LogP contribution in [0.4, 0.5) is 10.5 Å². The Kier molecular flexibility index (Phi) is 7.00. The van der Waals surface area contributed by atoms with Gasteiger partial charge >= 0.3 is 6.03 Å². The van der Waals surface area contributed by atoms with Gasteiger partial charge in [-0.3, -0.25) is 14.9 Å². The van der Waals surface area contributed by atoms with Crippen LogP contribution in [0.3, 0.4) is 0 Å². The van der Waals surface area contributed by atoms with Crippen molar-refractivity contribution in [2.24, 2.45) is 0 Å². The minimum atomic E-state index is -0.789. The van der Waals surface area contributed by atoms with Gasteiger partial charge in [0.25, 0.3) is 11.8 Å². The number of barbiturate groups is 1. The fourth-order valence-electron chi connectivity index (χ4n) is 3.51. The van der Waals surface area contributed by atoms with Crippen LogP contribution in [-0.4, -0.2) is 17.8 Å². The molecule has 6 nitrogen and oxygen atoms in total. The summed E-state index contributed by atoms with van der Waals surface area (Å²) in [6.45, 7) is 4.12. The molecule has 8 heteroatoms. The number of benzene rings is 3. The van der Waals surface area contributed by atoms with Gasteiger partial charge in [0, 0.05) is 14.5 Å². The molecule has 0 aromatic heterocycles. The predicted octanol–water partition coefficient (Wildman–Crippen LogP) is 6.07. The summed E-state index contributed by atoms with van der Waals surface area (Å²) in [7, 11) is 0. The first-order valence-corrected chi connectivity index (χ1v) is 12.0. The SMILES string of the molecule is Cc1ccc(COc2ccc(Br)cc2/C=C2/C(=O)NC(=O)N(c3ccc(Br)cc3C)C2=O)cc1. The summed E-state index contributed by atoms with van der Waals surface area (Å²) in [6.07, 6.45) is 1.44. The van der Waals surface area contributed by atoms with E-state index in [9.17, 15) is 14.4 Å². The fourth-order valence-corrected chi connectivity index (χ4v) is 4.36. The molecule has 172 valence electrons. The van der Waals surface area contributed by atoms with E-state index < -0.39 is 17.8 Å². The Morgan fingerprint density at radius 2 is 1.59 bits per heavy atom. The number of aryl methyl sites for hydroxylation is 2. The van der Waals surface area contributed by atoms with E-state index in [1.807, 2.05) is 37.3 Å². The third-order valence-corrected chi connectivity index (χ3v) is 6.27. The Labute approximate surface area is 213 Å². The number of amides is 4. The van der Waals surface area contributed by atoms with Gasteiger partial charge in [-0.2, -0.15) is 0 Å². The molecule has 1 saturated heterocycles. The Hall–Kier alpha value is -3.23. The molecule has 0 aliphatic carbocycles. The van der Waals surface area contributed by atoms with Crippen LogP contribution in [0.2, 0.25) is 0 Å². The summed E-state index contributed by atoms with van der Waals surface area (Å²) >= 11 is 6.81. The first kappa shape index (κ1) is 23.9. The molecule has 0 saturated carbocycles. The Bertz CT molecular complexity index is 1330. The summed E-state index contributed by atoms with van der Waals surface area (Å²) in [5.41, 5.74) is 3.60. The van der Waals surface area contributed by atoms with Crippen molar-refractivity contribution in [1.82, 2.24) is 5.32 Å². The molecule has 0 unspecified atom stereocenters. The van der Waals surface area contributed by atoms with Gasteiger partial charge in [0.1, 0.15) is 17.9 Å². The number of ether oxygens (including phenoxy) is 1. The zero-order chi connectivity index (χ0) is 24.4. The van der Waals surface area contributed by atoms with Gasteiger partial charge in [0.05, 0.1) is 5.69 Å². The van der Waals surface area contributed by atoms with E-state index in [4.69, 9.17) is 4.74 Å². The number of nitrogens with zero attached hydrogens (tertiary/aromatic N) is 1. The molecule has 1 heterocycles. The molecule has 3 aromatic rings. The number of rotatable bonds is 5. The van der Waals surface area contributed by atoms with E-state index >= 15 is 0 Å². The standard InChI is InChI=1S/C26H20Br2N2O4/c1-15-3-5-17(6-4-15)14-34-23-10-8-20(28)12-18(23)13-21-24(31)29-26(33)30(25(21)32)22-9-7-19(27)11-16(22)2/h3-13H,14H2,1-2H3,(H,29,31,33)/b21-13-. The van der Waals surface area contributed by atoms with Gasteiger partial charge in [-0.05, 0) is 67.4 Å². The smallest absolute Gasteiger partial charge is 0.335 e. The minimum Gasteiger partial charge on any atom is -0.488 e. The molecule has 34 heavy (non-hydrogen) atoms. The number of nitrogens with one attached hydrogen (secondary N) is 1. The highest BCUT2D eigenvalue weighted by Gasteiger charge is 2.37. The monoisotopic (exact) mass is 582 g/mol.